The molecule has 28 heavy (non-hydrogen) atoms. The first-order valence-corrected chi connectivity index (χ1v) is 14.5. The Hall–Kier alpha value is -1.07. The fraction of sp³-hybridized carbons (Fsp3) is 0.800. The molecule has 0 aromatic rings. The third kappa shape index (κ3) is 3.39. The van der Waals surface area contributed by atoms with Crippen molar-refractivity contribution in [3.8, 4) is 0 Å². The average Bonchev–Trinajstić information content (AvgIpc) is 3.04. The highest BCUT2D eigenvalue weighted by Gasteiger charge is 2.60. The number of carbonyl (C=O) groups is 1. The van der Waals surface area contributed by atoms with E-state index in [0.717, 1.165) is 42.6 Å². The molecule has 3 rings (SSSR count). The van der Waals surface area contributed by atoms with Crippen molar-refractivity contribution in [1.29, 1.82) is 0 Å². The molecule has 8 heteroatoms. The molecule has 1 fully saturated rings. The topological polar surface area (TPSA) is 66.6 Å². The summed E-state index contributed by atoms with van der Waals surface area (Å²) in [4.78, 5) is 12.5. The van der Waals surface area contributed by atoms with E-state index in [4.69, 9.17) is 19.8 Å². The van der Waals surface area contributed by atoms with Crippen LogP contribution in [0.1, 0.15) is 74.1 Å². The van der Waals surface area contributed by atoms with Crippen LogP contribution in [-0.2, 0) is 9.22 Å². The molecule has 3 aliphatic rings. The Morgan fingerprint density at radius 1 is 1.18 bits per heavy atom. The molecular weight excluding hydrogens is 387 g/mol. The number of hydrazone groups is 1. The van der Waals surface area contributed by atoms with E-state index < -0.39 is 21.7 Å². The third-order valence-corrected chi connectivity index (χ3v) is 13.3. The molecule has 1 saturated carbocycles. The predicted octanol–water partition coefficient (Wildman–Crippen LogP) is 6.57. The number of hydrogen-bond donors (Lipinski definition) is 0. The van der Waals surface area contributed by atoms with Gasteiger partial charge in [-0.3, -0.25) is 4.79 Å². The van der Waals surface area contributed by atoms with E-state index in [0.29, 0.717) is 0 Å². The molecular formula is C20H35N4O2PSi. The van der Waals surface area contributed by atoms with Crippen LogP contribution in [0.5, 0.6) is 0 Å². The Labute approximate surface area is 171 Å². The zero-order chi connectivity index (χ0) is 21.1. The standard InChI is InChI=1S/C20H35N4O2PSi/c1-14(25)24-22-15-12-10-11-13-20(15)23-21-17(27(20)24)16(18(2,3)4)26-28(8,9)19(5,6)7/h10-13H2,1-9H3/b17-16+. The molecule has 0 saturated heterocycles. The number of nitrogens with zero attached hydrogens (tertiary/aromatic N) is 4. The van der Waals surface area contributed by atoms with Crippen molar-refractivity contribution < 1.29 is 9.22 Å². The van der Waals surface area contributed by atoms with Crippen molar-refractivity contribution in [1.82, 2.24) is 4.78 Å². The van der Waals surface area contributed by atoms with Gasteiger partial charge in [-0.1, -0.05) is 41.5 Å². The summed E-state index contributed by atoms with van der Waals surface area (Å²) in [6, 6.07) is 0. The Kier molecular flexibility index (Phi) is 5.20. The molecule has 0 aromatic heterocycles. The summed E-state index contributed by atoms with van der Waals surface area (Å²) in [5.74, 6) is 0.872. The van der Waals surface area contributed by atoms with Gasteiger partial charge in [0.05, 0.1) is 5.71 Å². The number of hydrogen-bond acceptors (Lipinski definition) is 5. The van der Waals surface area contributed by atoms with E-state index in [1.165, 1.54) is 0 Å². The van der Waals surface area contributed by atoms with Gasteiger partial charge in [0.15, 0.2) is 5.28 Å². The van der Waals surface area contributed by atoms with Crippen molar-refractivity contribution in [2.24, 2.45) is 20.7 Å². The van der Waals surface area contributed by atoms with Gasteiger partial charge in [0.2, 0.25) is 14.2 Å². The van der Waals surface area contributed by atoms with Crippen LogP contribution in [0.15, 0.2) is 26.5 Å². The summed E-state index contributed by atoms with van der Waals surface area (Å²) in [6.07, 6.45) is 4.04. The van der Waals surface area contributed by atoms with Crippen molar-refractivity contribution in [2.45, 2.75) is 97.6 Å². The van der Waals surface area contributed by atoms with Crippen molar-refractivity contribution in [2.75, 3.05) is 0 Å². The molecule has 0 aromatic carbocycles. The van der Waals surface area contributed by atoms with Crippen LogP contribution in [-0.4, -0.2) is 30.0 Å². The van der Waals surface area contributed by atoms with E-state index in [2.05, 4.69) is 54.6 Å². The molecule has 1 amide bonds. The molecule has 1 aliphatic carbocycles. The minimum atomic E-state index is -2.07. The smallest absolute Gasteiger partial charge is 0.250 e. The third-order valence-electron chi connectivity index (χ3n) is 6.25. The molecule has 2 heterocycles. The van der Waals surface area contributed by atoms with E-state index in [-0.39, 0.29) is 16.4 Å². The first kappa shape index (κ1) is 21.6. The van der Waals surface area contributed by atoms with Crippen LogP contribution in [0, 0.1) is 5.41 Å². The summed E-state index contributed by atoms with van der Waals surface area (Å²) in [7, 11) is -3.18. The summed E-state index contributed by atoms with van der Waals surface area (Å²) in [6.45, 7) is 19.3. The number of carbonyl (C=O) groups excluding carboxylic acids is 1. The van der Waals surface area contributed by atoms with Crippen LogP contribution < -0.4 is 0 Å². The maximum absolute atomic E-state index is 12.5. The van der Waals surface area contributed by atoms with Gasteiger partial charge in [0.25, 0.3) is 0 Å². The lowest BCUT2D eigenvalue weighted by Gasteiger charge is -2.41. The van der Waals surface area contributed by atoms with E-state index in [1.807, 2.05) is 0 Å². The first-order chi connectivity index (χ1) is 12.7. The number of azo groups is 1. The molecule has 0 bridgehead atoms. The summed E-state index contributed by atoms with van der Waals surface area (Å²) >= 11 is 0. The first-order valence-electron chi connectivity index (χ1n) is 10.3. The molecule has 156 valence electrons. The summed E-state index contributed by atoms with van der Waals surface area (Å²) in [5.41, 5.74) is 1.68. The quantitative estimate of drug-likeness (QED) is 0.287. The molecule has 2 unspecified atom stereocenters. The van der Waals surface area contributed by atoms with Crippen LogP contribution in [0.4, 0.5) is 0 Å². The molecule has 6 nitrogen and oxygen atoms in total. The second kappa shape index (κ2) is 6.73. The largest absolute Gasteiger partial charge is 0.544 e. The van der Waals surface area contributed by atoms with Gasteiger partial charge in [-0.15, -0.1) is 5.11 Å². The van der Waals surface area contributed by atoms with Gasteiger partial charge in [-0.2, -0.15) is 10.2 Å². The summed E-state index contributed by atoms with van der Waals surface area (Å²) in [5, 5.41) is 13.9. The number of amides is 1. The van der Waals surface area contributed by atoms with Gasteiger partial charge in [-0.05, 0) is 43.8 Å². The minimum Gasteiger partial charge on any atom is -0.544 e. The Bertz CT molecular complexity index is 776. The van der Waals surface area contributed by atoms with Gasteiger partial charge in [0.1, 0.15) is 19.3 Å². The zero-order valence-electron chi connectivity index (χ0n) is 18.9. The van der Waals surface area contributed by atoms with E-state index in [9.17, 15) is 4.79 Å². The predicted molar refractivity (Wildman–Crippen MR) is 118 cm³/mol. The van der Waals surface area contributed by atoms with E-state index >= 15 is 0 Å². The molecule has 0 radical (unpaired) electrons. The fourth-order valence-corrected chi connectivity index (χ4v) is 7.80. The number of rotatable bonds is 2. The van der Waals surface area contributed by atoms with Gasteiger partial charge < -0.3 is 4.43 Å². The maximum atomic E-state index is 12.5. The van der Waals surface area contributed by atoms with Crippen LogP contribution in [0.25, 0.3) is 0 Å². The average molecular weight is 423 g/mol. The second-order valence-electron chi connectivity index (χ2n) is 10.7. The van der Waals surface area contributed by atoms with Crippen molar-refractivity contribution >= 4 is 28.0 Å². The van der Waals surface area contributed by atoms with Gasteiger partial charge >= 0.3 is 0 Å². The van der Waals surface area contributed by atoms with Gasteiger partial charge in [0, 0.05) is 12.3 Å². The summed E-state index contributed by atoms with van der Waals surface area (Å²) < 4.78 is 8.54. The molecule has 2 atom stereocenters. The van der Waals surface area contributed by atoms with Gasteiger partial charge in [-0.25, -0.2) is 4.78 Å². The number of allylic oxidation sites excluding steroid dienone is 1. The Balaban J connectivity index is 2.14. The highest BCUT2D eigenvalue weighted by atomic mass is 31.1. The molecule has 2 aliphatic heterocycles. The lowest BCUT2D eigenvalue weighted by Crippen LogP contribution is -2.42. The Morgan fingerprint density at radius 3 is 2.36 bits per heavy atom. The highest BCUT2D eigenvalue weighted by molar-refractivity contribution is 7.63. The molecule has 0 N–H and O–H groups in total. The maximum Gasteiger partial charge on any atom is 0.250 e. The van der Waals surface area contributed by atoms with Crippen molar-refractivity contribution in [3.05, 3.63) is 11.2 Å². The normalized spacial score (nSPS) is 29.4. The molecule has 1 spiro atoms. The zero-order valence-corrected chi connectivity index (χ0v) is 20.8. The van der Waals surface area contributed by atoms with Crippen LogP contribution in [0.3, 0.4) is 0 Å². The van der Waals surface area contributed by atoms with E-state index in [1.54, 1.807) is 11.7 Å². The highest BCUT2D eigenvalue weighted by Crippen LogP contribution is 2.72. The van der Waals surface area contributed by atoms with Crippen LogP contribution in [0.2, 0.25) is 18.1 Å². The monoisotopic (exact) mass is 422 g/mol. The fourth-order valence-electron chi connectivity index (χ4n) is 3.57. The minimum absolute atomic E-state index is 0.0298. The Morgan fingerprint density at radius 2 is 1.82 bits per heavy atom. The van der Waals surface area contributed by atoms with Crippen molar-refractivity contribution in [3.63, 3.8) is 0 Å². The van der Waals surface area contributed by atoms with Crippen LogP contribution >= 0.6 is 8.07 Å². The second-order valence-corrected chi connectivity index (χ2v) is 17.5. The lowest BCUT2D eigenvalue weighted by molar-refractivity contribution is -0.124. The SMILES string of the molecule is CC(=O)N1N=C2CCCCC23N=N/C(=C(\O[Si](C)(C)C(C)(C)C)C(C)(C)C)P13. The lowest BCUT2D eigenvalue weighted by atomic mass is 9.93.